The average Bonchev–Trinajstić information content (AvgIpc) is 2.61. The van der Waals surface area contributed by atoms with Crippen LogP contribution in [0.3, 0.4) is 0 Å². The number of ether oxygens (including phenoxy) is 1. The van der Waals surface area contributed by atoms with E-state index in [9.17, 15) is 13.2 Å². The third-order valence-electron chi connectivity index (χ3n) is 3.65. The van der Waals surface area contributed by atoms with E-state index < -0.39 is 9.84 Å². The Morgan fingerprint density at radius 3 is 2.46 bits per heavy atom. The molecule has 0 fully saturated rings. The first-order valence-electron chi connectivity index (χ1n) is 8.73. The molecular weight excluding hydrogens is 495 g/mol. The largest absolute Gasteiger partial charge is 0.379 e. The van der Waals surface area contributed by atoms with Crippen molar-refractivity contribution in [1.29, 1.82) is 0 Å². The van der Waals surface area contributed by atoms with E-state index >= 15 is 0 Å². The van der Waals surface area contributed by atoms with Crippen molar-refractivity contribution in [3.05, 3.63) is 35.4 Å². The van der Waals surface area contributed by atoms with Crippen LogP contribution in [0.15, 0.2) is 29.3 Å². The summed E-state index contributed by atoms with van der Waals surface area (Å²) in [5, 5.41) is 6.30. The van der Waals surface area contributed by atoms with Gasteiger partial charge >= 0.3 is 0 Å². The molecule has 2 N–H and O–H groups in total. The van der Waals surface area contributed by atoms with Gasteiger partial charge < -0.3 is 20.3 Å². The Balaban J connectivity index is 0.00000729. The van der Waals surface area contributed by atoms with Crippen molar-refractivity contribution < 1.29 is 17.9 Å². The normalized spacial score (nSPS) is 11.5. The molecular formula is C18H31IN4O4S. The fourth-order valence-corrected chi connectivity index (χ4v) is 2.64. The Hall–Kier alpha value is -1.40. The molecule has 0 atom stereocenters. The van der Waals surface area contributed by atoms with Crippen LogP contribution in [0.5, 0.6) is 0 Å². The van der Waals surface area contributed by atoms with Gasteiger partial charge in [-0.25, -0.2) is 8.42 Å². The summed E-state index contributed by atoms with van der Waals surface area (Å²) in [4.78, 5) is 17.7. The van der Waals surface area contributed by atoms with Gasteiger partial charge in [-0.2, -0.15) is 0 Å². The van der Waals surface area contributed by atoms with Crippen LogP contribution in [0.1, 0.15) is 15.9 Å². The Kier molecular flexibility index (Phi) is 13.0. The van der Waals surface area contributed by atoms with Crippen LogP contribution in [0.25, 0.3) is 0 Å². The average molecular weight is 526 g/mol. The number of sulfone groups is 1. The lowest BCUT2D eigenvalue weighted by Gasteiger charge is -2.13. The summed E-state index contributed by atoms with van der Waals surface area (Å²) < 4.78 is 27.3. The summed E-state index contributed by atoms with van der Waals surface area (Å²) >= 11 is 0. The first kappa shape index (κ1) is 26.6. The zero-order chi connectivity index (χ0) is 20.3. The molecule has 8 nitrogen and oxygen atoms in total. The third kappa shape index (κ3) is 11.4. The molecule has 0 bridgehead atoms. The lowest BCUT2D eigenvalue weighted by molar-refractivity contribution is 0.0827. The van der Waals surface area contributed by atoms with Gasteiger partial charge in [0.15, 0.2) is 5.96 Å². The molecule has 160 valence electrons. The molecule has 0 aliphatic heterocycles. The topological polar surface area (TPSA) is 100 Å². The van der Waals surface area contributed by atoms with Gasteiger partial charge in [0.25, 0.3) is 5.91 Å². The van der Waals surface area contributed by atoms with E-state index in [-0.39, 0.29) is 42.2 Å². The molecule has 10 heteroatoms. The number of benzene rings is 1. The maximum absolute atomic E-state index is 12.0. The van der Waals surface area contributed by atoms with Crippen LogP contribution in [0, 0.1) is 0 Å². The molecule has 0 unspecified atom stereocenters. The Bertz CT molecular complexity index is 739. The predicted molar refractivity (Wildman–Crippen MR) is 123 cm³/mol. The third-order valence-corrected chi connectivity index (χ3v) is 4.56. The van der Waals surface area contributed by atoms with E-state index in [1.54, 1.807) is 26.0 Å². The summed E-state index contributed by atoms with van der Waals surface area (Å²) in [6, 6.07) is 7.58. The maximum atomic E-state index is 12.0. The van der Waals surface area contributed by atoms with Gasteiger partial charge in [0.2, 0.25) is 0 Å². The van der Waals surface area contributed by atoms with E-state index in [0.29, 0.717) is 31.2 Å². The van der Waals surface area contributed by atoms with Crippen molar-refractivity contribution in [3.8, 4) is 0 Å². The molecule has 1 rings (SSSR count). The molecule has 1 amide bonds. The van der Waals surface area contributed by atoms with Crippen molar-refractivity contribution in [2.75, 3.05) is 59.5 Å². The number of amides is 1. The summed E-state index contributed by atoms with van der Waals surface area (Å²) in [7, 11) is 2.15. The van der Waals surface area contributed by atoms with E-state index in [1.165, 1.54) is 6.26 Å². The van der Waals surface area contributed by atoms with E-state index in [4.69, 9.17) is 4.74 Å². The summed E-state index contributed by atoms with van der Waals surface area (Å²) in [5.41, 5.74) is 1.74. The molecule has 1 aromatic rings. The van der Waals surface area contributed by atoms with Gasteiger partial charge in [-0.05, 0) is 24.1 Å². The summed E-state index contributed by atoms with van der Waals surface area (Å²) in [6.45, 7) is 1.77. The highest BCUT2D eigenvalue weighted by Crippen LogP contribution is 2.07. The van der Waals surface area contributed by atoms with Gasteiger partial charge in [-0.3, -0.25) is 9.79 Å². The maximum Gasteiger partial charge on any atom is 0.253 e. The van der Waals surface area contributed by atoms with Gasteiger partial charge in [0.1, 0.15) is 9.84 Å². The molecule has 1 aromatic carbocycles. The number of rotatable bonds is 10. The van der Waals surface area contributed by atoms with Gasteiger partial charge in [-0.1, -0.05) is 12.1 Å². The second-order valence-corrected chi connectivity index (χ2v) is 8.58. The fourth-order valence-electron chi connectivity index (χ4n) is 2.22. The van der Waals surface area contributed by atoms with Crippen molar-refractivity contribution in [3.63, 3.8) is 0 Å². The standard InChI is InChI=1S/C18H30N4O4S.HI/c1-19-18(21-10-11-26-12-13-27(4,24)25)20-9-8-15-6-5-7-16(14-15)17(23)22(2)3;/h5-7,14H,8-13H2,1-4H3,(H2,19,20,21);1H. The molecule has 0 spiro atoms. The lowest BCUT2D eigenvalue weighted by Crippen LogP contribution is -2.40. The van der Waals surface area contributed by atoms with Crippen molar-refractivity contribution in [2.24, 2.45) is 4.99 Å². The minimum atomic E-state index is -2.99. The van der Waals surface area contributed by atoms with Gasteiger partial charge in [0.05, 0.1) is 19.0 Å². The molecule has 0 radical (unpaired) electrons. The van der Waals surface area contributed by atoms with Crippen LogP contribution in [-0.4, -0.2) is 84.6 Å². The Morgan fingerprint density at radius 2 is 1.86 bits per heavy atom. The molecule has 0 heterocycles. The van der Waals surface area contributed by atoms with Gasteiger partial charge in [-0.15, -0.1) is 24.0 Å². The number of hydrogen-bond donors (Lipinski definition) is 2. The number of hydrogen-bond acceptors (Lipinski definition) is 5. The van der Waals surface area contributed by atoms with Crippen LogP contribution >= 0.6 is 24.0 Å². The molecule has 28 heavy (non-hydrogen) atoms. The highest BCUT2D eigenvalue weighted by Gasteiger charge is 2.08. The van der Waals surface area contributed by atoms with Crippen molar-refractivity contribution >= 4 is 45.7 Å². The fraction of sp³-hybridized carbons (Fsp3) is 0.556. The number of halogens is 1. The molecule has 0 saturated carbocycles. The highest BCUT2D eigenvalue weighted by atomic mass is 127. The number of nitrogens with zero attached hydrogens (tertiary/aromatic N) is 2. The van der Waals surface area contributed by atoms with Crippen LogP contribution < -0.4 is 10.6 Å². The second kappa shape index (κ2) is 13.7. The first-order valence-corrected chi connectivity index (χ1v) is 10.8. The SMILES string of the molecule is CN=C(NCCOCCS(C)(=O)=O)NCCc1cccc(C(=O)N(C)C)c1.I. The van der Waals surface area contributed by atoms with E-state index in [1.807, 2.05) is 24.3 Å². The van der Waals surface area contributed by atoms with Crippen molar-refractivity contribution in [2.45, 2.75) is 6.42 Å². The molecule has 0 aliphatic carbocycles. The number of carbonyl (C=O) groups excluding carboxylic acids is 1. The molecule has 0 aliphatic rings. The first-order chi connectivity index (χ1) is 12.7. The zero-order valence-corrected chi connectivity index (χ0v) is 20.0. The zero-order valence-electron chi connectivity index (χ0n) is 16.9. The summed E-state index contributed by atoms with van der Waals surface area (Å²) in [6.07, 6.45) is 1.94. The van der Waals surface area contributed by atoms with Crippen LogP contribution in [0.2, 0.25) is 0 Å². The van der Waals surface area contributed by atoms with Crippen LogP contribution in [-0.2, 0) is 21.0 Å². The van der Waals surface area contributed by atoms with Crippen molar-refractivity contribution in [1.82, 2.24) is 15.5 Å². The predicted octanol–water partition coefficient (Wildman–Crippen LogP) is 0.775. The number of carbonyl (C=O) groups is 1. The summed E-state index contributed by atoms with van der Waals surface area (Å²) in [5.74, 6) is 0.649. The lowest BCUT2D eigenvalue weighted by atomic mass is 10.1. The second-order valence-electron chi connectivity index (χ2n) is 6.32. The molecule has 0 aromatic heterocycles. The van der Waals surface area contributed by atoms with E-state index in [0.717, 1.165) is 12.0 Å². The quantitative estimate of drug-likeness (QED) is 0.202. The Labute approximate surface area is 185 Å². The molecule has 0 saturated heterocycles. The van der Waals surface area contributed by atoms with E-state index in [2.05, 4.69) is 15.6 Å². The van der Waals surface area contributed by atoms with Gasteiger partial charge in [0, 0.05) is 46.1 Å². The minimum absolute atomic E-state index is 0. The smallest absolute Gasteiger partial charge is 0.253 e. The number of nitrogens with one attached hydrogen (secondary N) is 2. The highest BCUT2D eigenvalue weighted by molar-refractivity contribution is 14.0. The number of guanidine groups is 1. The monoisotopic (exact) mass is 526 g/mol. The van der Waals surface area contributed by atoms with Crippen LogP contribution in [0.4, 0.5) is 0 Å². The number of aliphatic imine (C=N–C) groups is 1. The Morgan fingerprint density at radius 1 is 1.18 bits per heavy atom. The minimum Gasteiger partial charge on any atom is -0.379 e.